The van der Waals surface area contributed by atoms with Crippen LogP contribution >= 0.6 is 11.6 Å². The van der Waals surface area contributed by atoms with Gasteiger partial charge in [-0.15, -0.1) is 0 Å². The summed E-state index contributed by atoms with van der Waals surface area (Å²) in [4.78, 5) is 31.8. The molecule has 3 heterocycles. The van der Waals surface area contributed by atoms with Gasteiger partial charge in [0.2, 0.25) is 0 Å². The van der Waals surface area contributed by atoms with Crippen molar-refractivity contribution in [1.29, 1.82) is 0 Å². The number of piperidine rings is 3. The summed E-state index contributed by atoms with van der Waals surface area (Å²) in [6.45, 7) is 3.71. The van der Waals surface area contributed by atoms with E-state index in [4.69, 9.17) is 11.6 Å². The van der Waals surface area contributed by atoms with Gasteiger partial charge in [-0.3, -0.25) is 9.59 Å². The molecular formula is C33H41ClF3N3O3. The first-order valence-corrected chi connectivity index (χ1v) is 16.2. The lowest BCUT2D eigenvalue weighted by Crippen LogP contribution is -2.60. The number of carbonyl (C=O) groups is 2. The molecule has 0 aromatic heterocycles. The van der Waals surface area contributed by atoms with Gasteiger partial charge in [0.15, 0.2) is 0 Å². The maximum Gasteiger partial charge on any atom is 0.430 e. The van der Waals surface area contributed by atoms with E-state index < -0.39 is 17.7 Å². The number of anilines is 1. The van der Waals surface area contributed by atoms with Crippen LogP contribution in [-0.4, -0.2) is 77.8 Å². The molecule has 0 bridgehead atoms. The molecule has 5 aliphatic rings. The van der Waals surface area contributed by atoms with Crippen LogP contribution in [0.15, 0.2) is 42.0 Å². The molecule has 234 valence electrons. The number of halogens is 4. The fraction of sp³-hybridized carbons (Fsp3) is 0.636. The standard InChI is InChI=1S/C33H41ClF3N3O3/c34-28-21-26(7-8-27(28)29(41)40-16-4-13-31(22-40)14-15-31)38-17-9-23(10-18-38)24-11-19-39(20-12-24)30(42)32(43,33(35,36)37)25-5-2-1-3-6-25/h2,5-8,21,23-24,43H,1,3-4,9-20,22H2. The minimum Gasteiger partial charge on any atom is -0.371 e. The van der Waals surface area contributed by atoms with Gasteiger partial charge >= 0.3 is 6.18 Å². The van der Waals surface area contributed by atoms with Crippen molar-refractivity contribution in [1.82, 2.24) is 9.80 Å². The van der Waals surface area contributed by atoms with Gasteiger partial charge in [0.25, 0.3) is 17.4 Å². The number of allylic oxidation sites excluding steroid dienone is 2. The molecule has 4 fully saturated rings. The number of rotatable bonds is 5. The molecule has 1 saturated carbocycles. The second kappa shape index (κ2) is 11.8. The number of alkyl halides is 3. The van der Waals surface area contributed by atoms with Crippen molar-refractivity contribution >= 4 is 29.1 Å². The summed E-state index contributed by atoms with van der Waals surface area (Å²) in [5.74, 6) is -0.505. The Kier molecular flexibility index (Phi) is 8.35. The van der Waals surface area contributed by atoms with Crippen LogP contribution in [0.25, 0.3) is 0 Å². The maximum atomic E-state index is 14.0. The highest BCUT2D eigenvalue weighted by Crippen LogP contribution is 2.52. The summed E-state index contributed by atoms with van der Waals surface area (Å²) in [6.07, 6.45) is 7.81. The lowest BCUT2D eigenvalue weighted by molar-refractivity contribution is -0.242. The van der Waals surface area contributed by atoms with Crippen LogP contribution in [0.1, 0.15) is 74.6 Å². The molecule has 10 heteroatoms. The number of hydrogen-bond donors (Lipinski definition) is 1. The van der Waals surface area contributed by atoms with Crippen LogP contribution in [0.2, 0.25) is 5.02 Å². The molecule has 1 atom stereocenters. The molecule has 43 heavy (non-hydrogen) atoms. The first-order valence-electron chi connectivity index (χ1n) is 15.8. The topological polar surface area (TPSA) is 64.1 Å². The highest BCUT2D eigenvalue weighted by Gasteiger charge is 2.62. The Morgan fingerprint density at radius 1 is 0.907 bits per heavy atom. The summed E-state index contributed by atoms with van der Waals surface area (Å²) in [5.41, 5.74) is -1.96. The highest BCUT2D eigenvalue weighted by atomic mass is 35.5. The molecule has 6 nitrogen and oxygen atoms in total. The van der Waals surface area contributed by atoms with Gasteiger partial charge in [-0.2, -0.15) is 13.2 Å². The Bertz CT molecular complexity index is 1290. The molecule has 1 spiro atoms. The van der Waals surface area contributed by atoms with Crippen molar-refractivity contribution in [3.8, 4) is 0 Å². The van der Waals surface area contributed by atoms with Crippen molar-refractivity contribution in [2.45, 2.75) is 76.0 Å². The quantitative estimate of drug-likeness (QED) is 0.415. The van der Waals surface area contributed by atoms with Crippen molar-refractivity contribution in [2.24, 2.45) is 17.3 Å². The zero-order valence-electron chi connectivity index (χ0n) is 24.5. The Hall–Kier alpha value is -2.52. The van der Waals surface area contributed by atoms with Crippen molar-refractivity contribution in [3.05, 3.63) is 52.6 Å². The molecular weight excluding hydrogens is 579 g/mol. The minimum atomic E-state index is -5.09. The van der Waals surface area contributed by atoms with Gasteiger partial charge in [0.05, 0.1) is 10.6 Å². The van der Waals surface area contributed by atoms with Gasteiger partial charge < -0.3 is 19.8 Å². The second-order valence-electron chi connectivity index (χ2n) is 13.3. The number of amides is 2. The lowest BCUT2D eigenvalue weighted by atomic mass is 9.78. The Morgan fingerprint density at radius 2 is 1.58 bits per heavy atom. The summed E-state index contributed by atoms with van der Waals surface area (Å²) < 4.78 is 42.1. The smallest absolute Gasteiger partial charge is 0.371 e. The average Bonchev–Trinajstić information content (AvgIpc) is 3.77. The van der Waals surface area contributed by atoms with E-state index in [2.05, 4.69) is 4.90 Å². The number of aliphatic hydroxyl groups is 1. The second-order valence-corrected chi connectivity index (χ2v) is 13.7. The fourth-order valence-corrected chi connectivity index (χ4v) is 7.99. The number of carbonyl (C=O) groups excluding carboxylic acids is 2. The molecule has 0 radical (unpaired) electrons. The van der Waals surface area contributed by atoms with Gasteiger partial charge in [-0.05, 0) is 105 Å². The Morgan fingerprint density at radius 3 is 2.16 bits per heavy atom. The molecule has 2 aliphatic carbocycles. The summed E-state index contributed by atoms with van der Waals surface area (Å²) in [6, 6.07) is 5.74. The zero-order chi connectivity index (χ0) is 30.4. The van der Waals surface area contributed by atoms with Gasteiger partial charge in [-0.25, -0.2) is 0 Å². The molecule has 1 N–H and O–H groups in total. The SMILES string of the molecule is O=C(c1ccc(N2CCC(C3CCN(C(=O)C(O)(C4=CCCC=C4)C(F)(F)F)CC3)CC2)cc1Cl)N1CCCC2(CC2)C1. The fourth-order valence-electron chi connectivity index (χ4n) is 7.73. The van der Waals surface area contributed by atoms with Crippen molar-refractivity contribution in [2.75, 3.05) is 44.2 Å². The van der Waals surface area contributed by atoms with Crippen molar-refractivity contribution < 1.29 is 27.9 Å². The van der Waals surface area contributed by atoms with Crippen LogP contribution in [0.4, 0.5) is 18.9 Å². The Labute approximate surface area is 256 Å². The van der Waals surface area contributed by atoms with E-state index in [1.54, 1.807) is 6.08 Å². The monoisotopic (exact) mass is 619 g/mol. The predicted octanol–water partition coefficient (Wildman–Crippen LogP) is 6.38. The highest BCUT2D eigenvalue weighted by molar-refractivity contribution is 6.34. The average molecular weight is 620 g/mol. The zero-order valence-corrected chi connectivity index (χ0v) is 25.3. The van der Waals surface area contributed by atoms with E-state index in [0.29, 0.717) is 53.5 Å². The third-order valence-electron chi connectivity index (χ3n) is 10.6. The molecule has 3 aliphatic heterocycles. The van der Waals surface area contributed by atoms with Crippen molar-refractivity contribution in [3.63, 3.8) is 0 Å². The number of hydrogen-bond acceptors (Lipinski definition) is 4. The number of benzene rings is 1. The van der Waals surface area contributed by atoms with Gasteiger partial charge in [0, 0.05) is 45.0 Å². The van der Waals surface area contributed by atoms with Crippen LogP contribution in [-0.2, 0) is 4.79 Å². The number of likely N-dealkylation sites (tertiary alicyclic amines) is 2. The van der Waals surface area contributed by atoms with Gasteiger partial charge in [0.1, 0.15) is 0 Å². The van der Waals surface area contributed by atoms with E-state index in [9.17, 15) is 27.9 Å². The van der Waals surface area contributed by atoms with Crippen LogP contribution in [0, 0.1) is 17.3 Å². The maximum absolute atomic E-state index is 14.0. The van der Waals surface area contributed by atoms with E-state index in [0.717, 1.165) is 51.1 Å². The first-order chi connectivity index (χ1) is 20.5. The van der Waals surface area contributed by atoms with E-state index in [1.807, 2.05) is 23.1 Å². The molecule has 2 amide bonds. The molecule has 6 rings (SSSR count). The third kappa shape index (κ3) is 5.96. The summed E-state index contributed by atoms with van der Waals surface area (Å²) >= 11 is 6.65. The summed E-state index contributed by atoms with van der Waals surface area (Å²) in [7, 11) is 0. The largest absolute Gasteiger partial charge is 0.430 e. The molecule has 1 aromatic carbocycles. The van der Waals surface area contributed by atoms with Crippen LogP contribution < -0.4 is 4.90 Å². The Balaban J connectivity index is 1.02. The molecule has 3 saturated heterocycles. The normalized spacial score (nSPS) is 24.6. The summed E-state index contributed by atoms with van der Waals surface area (Å²) in [5, 5.41) is 11.2. The van der Waals surface area contributed by atoms with E-state index >= 15 is 0 Å². The third-order valence-corrected chi connectivity index (χ3v) is 10.9. The van der Waals surface area contributed by atoms with Gasteiger partial charge in [-0.1, -0.05) is 29.8 Å². The first kappa shape index (κ1) is 30.5. The number of nitrogens with zero attached hydrogens (tertiary/aromatic N) is 3. The van der Waals surface area contributed by atoms with Crippen LogP contribution in [0.3, 0.4) is 0 Å². The van der Waals surface area contributed by atoms with Crippen LogP contribution in [0.5, 0.6) is 0 Å². The molecule has 1 unspecified atom stereocenters. The molecule has 1 aromatic rings. The minimum absolute atomic E-state index is 0.0201. The van der Waals surface area contributed by atoms with E-state index in [1.165, 1.54) is 36.3 Å². The lowest BCUT2D eigenvalue weighted by Gasteiger charge is -2.43. The van der Waals surface area contributed by atoms with E-state index in [-0.39, 0.29) is 24.6 Å². The predicted molar refractivity (Wildman–Crippen MR) is 160 cm³/mol.